The Bertz CT molecular complexity index is 150. The molecule has 0 bridgehead atoms. The van der Waals surface area contributed by atoms with E-state index in [1.54, 1.807) is 0 Å². The average molecular weight is 215 g/mol. The molecule has 0 heterocycles. The van der Waals surface area contributed by atoms with E-state index in [1.165, 1.54) is 0 Å². The fraction of sp³-hybridized carbons (Fsp3) is 0.818. The minimum absolute atomic E-state index is 0.239. The van der Waals surface area contributed by atoms with Crippen LogP contribution in [0.5, 0.6) is 0 Å². The Balaban J connectivity index is 3.58. The van der Waals surface area contributed by atoms with Gasteiger partial charge in [0, 0.05) is 32.5 Å². The van der Waals surface area contributed by atoms with Gasteiger partial charge in [-0.25, -0.2) is 0 Å². The Hall–Kier alpha value is -0.740. The molecule has 4 heteroatoms. The van der Waals surface area contributed by atoms with Gasteiger partial charge in [-0.1, -0.05) is 0 Å². The molecule has 0 amide bonds. The highest BCUT2D eigenvalue weighted by atomic mass is 16.2. The summed E-state index contributed by atoms with van der Waals surface area (Å²) in [5.41, 5.74) is 0. The molecule has 0 saturated heterocycles. The molecule has 0 aromatic heterocycles. The largest absolute Gasteiger partial charge is 0.396 e. The van der Waals surface area contributed by atoms with Crippen LogP contribution >= 0.6 is 0 Å². The van der Waals surface area contributed by atoms with Gasteiger partial charge in [0.05, 0.1) is 0 Å². The molecule has 0 aromatic rings. The quantitative estimate of drug-likeness (QED) is 0.405. The zero-order valence-corrected chi connectivity index (χ0v) is 9.23. The van der Waals surface area contributed by atoms with Crippen LogP contribution in [0.1, 0.15) is 32.1 Å². The molecule has 0 atom stereocenters. The number of hydrogen-bond donors (Lipinski definition) is 1. The smallest absolute Gasteiger partial charge is 0.121 e. The summed E-state index contributed by atoms with van der Waals surface area (Å²) in [5.74, 6) is 0. The van der Waals surface area contributed by atoms with Gasteiger partial charge in [0.25, 0.3) is 0 Å². The van der Waals surface area contributed by atoms with Crippen LogP contribution in [0.25, 0.3) is 0 Å². The van der Waals surface area contributed by atoms with Crippen LogP contribution in [0.4, 0.5) is 0 Å². The van der Waals surface area contributed by atoms with Gasteiger partial charge in [0.2, 0.25) is 0 Å². The highest BCUT2D eigenvalue weighted by Gasteiger charge is 2.03. The molecule has 0 spiro atoms. The van der Waals surface area contributed by atoms with Crippen LogP contribution in [-0.4, -0.2) is 48.8 Å². The molecule has 0 rings (SSSR count). The van der Waals surface area contributed by atoms with Crippen molar-refractivity contribution in [2.45, 2.75) is 32.1 Å². The van der Waals surface area contributed by atoms with Gasteiger partial charge >= 0.3 is 0 Å². The van der Waals surface area contributed by atoms with Crippen LogP contribution in [0.3, 0.4) is 0 Å². The Labute approximate surface area is 91.3 Å². The minimum atomic E-state index is 0.239. The van der Waals surface area contributed by atoms with Crippen molar-refractivity contribution in [1.29, 1.82) is 0 Å². The Morgan fingerprint density at radius 2 is 1.47 bits per heavy atom. The van der Waals surface area contributed by atoms with Gasteiger partial charge in [-0.2, -0.15) is 0 Å². The van der Waals surface area contributed by atoms with E-state index in [0.29, 0.717) is 12.8 Å². The Kier molecular flexibility index (Phi) is 10.8. The molecule has 0 radical (unpaired) electrons. The summed E-state index contributed by atoms with van der Waals surface area (Å²) < 4.78 is 0. The summed E-state index contributed by atoms with van der Waals surface area (Å²) in [7, 11) is 0. The number of aliphatic hydroxyl groups excluding tert-OH is 1. The molecule has 0 aliphatic heterocycles. The van der Waals surface area contributed by atoms with E-state index >= 15 is 0 Å². The molecule has 88 valence electrons. The Morgan fingerprint density at radius 1 is 0.867 bits per heavy atom. The first-order valence-electron chi connectivity index (χ1n) is 5.55. The average Bonchev–Trinajstić information content (AvgIpc) is 2.27. The molecule has 0 fully saturated rings. The SMILES string of the molecule is O=CCCN(CCC=O)CCCCCO. The second-order valence-corrected chi connectivity index (χ2v) is 3.54. The lowest BCUT2D eigenvalue weighted by Crippen LogP contribution is -2.27. The van der Waals surface area contributed by atoms with E-state index in [1.807, 2.05) is 0 Å². The summed E-state index contributed by atoms with van der Waals surface area (Å²) in [4.78, 5) is 22.6. The molecule has 0 unspecified atom stereocenters. The molecular formula is C11H21NO3. The van der Waals surface area contributed by atoms with Gasteiger partial charge in [-0.05, 0) is 25.8 Å². The number of rotatable bonds is 11. The molecule has 0 saturated carbocycles. The van der Waals surface area contributed by atoms with Crippen molar-refractivity contribution in [3.05, 3.63) is 0 Å². The number of carbonyl (C=O) groups is 2. The summed E-state index contributed by atoms with van der Waals surface area (Å²) in [5, 5.41) is 8.61. The second-order valence-electron chi connectivity index (χ2n) is 3.54. The Morgan fingerprint density at radius 3 is 1.93 bits per heavy atom. The summed E-state index contributed by atoms with van der Waals surface area (Å²) >= 11 is 0. The van der Waals surface area contributed by atoms with Crippen LogP contribution in [0, 0.1) is 0 Å². The molecule has 0 aromatic carbocycles. The number of carbonyl (C=O) groups excluding carboxylic acids is 2. The highest BCUT2D eigenvalue weighted by Crippen LogP contribution is 2.00. The summed E-state index contributed by atoms with van der Waals surface area (Å²) in [6.07, 6.45) is 5.70. The summed E-state index contributed by atoms with van der Waals surface area (Å²) in [6.45, 7) is 2.61. The van der Waals surface area contributed by atoms with Crippen molar-refractivity contribution in [3.63, 3.8) is 0 Å². The normalized spacial score (nSPS) is 10.5. The van der Waals surface area contributed by atoms with E-state index < -0.39 is 0 Å². The van der Waals surface area contributed by atoms with Gasteiger partial charge < -0.3 is 19.6 Å². The van der Waals surface area contributed by atoms with Gasteiger partial charge in [-0.3, -0.25) is 0 Å². The molecule has 0 aliphatic carbocycles. The fourth-order valence-electron chi connectivity index (χ4n) is 1.43. The highest BCUT2D eigenvalue weighted by molar-refractivity contribution is 5.50. The lowest BCUT2D eigenvalue weighted by atomic mass is 10.2. The standard InChI is InChI=1S/C11H21NO3/c13-9-3-1-2-6-12(7-4-10-14)8-5-11-15/h10-11,13H,1-9H2. The predicted molar refractivity (Wildman–Crippen MR) is 58.7 cm³/mol. The zero-order chi connectivity index (χ0) is 11.4. The molecule has 4 nitrogen and oxygen atoms in total. The molecule has 0 aliphatic rings. The topological polar surface area (TPSA) is 57.6 Å². The predicted octanol–water partition coefficient (Wildman–Crippen LogP) is 0.629. The molecule has 1 N–H and O–H groups in total. The van der Waals surface area contributed by atoms with E-state index in [2.05, 4.69) is 4.90 Å². The maximum absolute atomic E-state index is 10.2. The number of hydrogen-bond acceptors (Lipinski definition) is 4. The van der Waals surface area contributed by atoms with Crippen molar-refractivity contribution in [2.75, 3.05) is 26.2 Å². The molecule has 15 heavy (non-hydrogen) atoms. The van der Waals surface area contributed by atoms with Crippen molar-refractivity contribution in [2.24, 2.45) is 0 Å². The number of aliphatic hydroxyl groups is 1. The van der Waals surface area contributed by atoms with Crippen LogP contribution < -0.4 is 0 Å². The molecular weight excluding hydrogens is 194 g/mol. The monoisotopic (exact) mass is 215 g/mol. The third kappa shape index (κ3) is 9.56. The van der Waals surface area contributed by atoms with Crippen LogP contribution in [0.2, 0.25) is 0 Å². The number of aldehydes is 2. The first-order chi connectivity index (χ1) is 7.35. The van der Waals surface area contributed by atoms with E-state index in [0.717, 1.165) is 51.5 Å². The van der Waals surface area contributed by atoms with E-state index in [4.69, 9.17) is 5.11 Å². The van der Waals surface area contributed by atoms with Gasteiger partial charge in [0.15, 0.2) is 0 Å². The maximum atomic E-state index is 10.2. The van der Waals surface area contributed by atoms with Crippen LogP contribution in [-0.2, 0) is 9.59 Å². The van der Waals surface area contributed by atoms with Crippen molar-refractivity contribution in [1.82, 2.24) is 4.90 Å². The fourth-order valence-corrected chi connectivity index (χ4v) is 1.43. The maximum Gasteiger partial charge on any atom is 0.121 e. The number of unbranched alkanes of at least 4 members (excludes halogenated alkanes) is 2. The summed E-state index contributed by atoms with van der Waals surface area (Å²) in [6, 6.07) is 0. The van der Waals surface area contributed by atoms with Gasteiger partial charge in [-0.15, -0.1) is 0 Å². The second kappa shape index (κ2) is 11.3. The van der Waals surface area contributed by atoms with Crippen molar-refractivity contribution >= 4 is 12.6 Å². The third-order valence-corrected chi connectivity index (χ3v) is 2.26. The lowest BCUT2D eigenvalue weighted by Gasteiger charge is -2.19. The number of nitrogens with zero attached hydrogens (tertiary/aromatic N) is 1. The zero-order valence-electron chi connectivity index (χ0n) is 9.23. The lowest BCUT2D eigenvalue weighted by molar-refractivity contribution is -0.108. The van der Waals surface area contributed by atoms with Crippen molar-refractivity contribution in [3.8, 4) is 0 Å². The minimum Gasteiger partial charge on any atom is -0.396 e. The first-order valence-corrected chi connectivity index (χ1v) is 5.55. The van der Waals surface area contributed by atoms with E-state index in [-0.39, 0.29) is 6.61 Å². The third-order valence-electron chi connectivity index (χ3n) is 2.26. The van der Waals surface area contributed by atoms with E-state index in [9.17, 15) is 9.59 Å². The first kappa shape index (κ1) is 14.3. The van der Waals surface area contributed by atoms with Crippen molar-refractivity contribution < 1.29 is 14.7 Å². The van der Waals surface area contributed by atoms with Crippen LogP contribution in [0.15, 0.2) is 0 Å². The van der Waals surface area contributed by atoms with Gasteiger partial charge in [0.1, 0.15) is 12.6 Å².